The maximum Gasteiger partial charge on any atom is 0.0755 e. The zero-order chi connectivity index (χ0) is 11.5. The maximum atomic E-state index is 6.23. The summed E-state index contributed by atoms with van der Waals surface area (Å²) < 4.78 is 5.71. The Labute approximate surface area is 102 Å². The normalized spacial score (nSPS) is 27.2. The summed E-state index contributed by atoms with van der Waals surface area (Å²) >= 11 is 1.89. The Morgan fingerprint density at radius 2 is 2.25 bits per heavy atom. The minimum atomic E-state index is 0.154. The van der Waals surface area contributed by atoms with Gasteiger partial charge < -0.3 is 10.5 Å². The average molecular weight is 239 g/mol. The van der Waals surface area contributed by atoms with Crippen molar-refractivity contribution >= 4 is 11.3 Å². The molecule has 1 saturated heterocycles. The second kappa shape index (κ2) is 5.30. The van der Waals surface area contributed by atoms with Gasteiger partial charge in [-0.15, -0.1) is 11.3 Å². The molecule has 1 fully saturated rings. The summed E-state index contributed by atoms with van der Waals surface area (Å²) in [4.78, 5) is 2.84. The van der Waals surface area contributed by atoms with E-state index in [2.05, 4.69) is 26.0 Å². The molecule has 0 radical (unpaired) electrons. The van der Waals surface area contributed by atoms with Crippen LogP contribution in [-0.2, 0) is 17.6 Å². The summed E-state index contributed by atoms with van der Waals surface area (Å²) in [5.41, 5.74) is 6.23. The molecule has 0 aliphatic carbocycles. The van der Waals surface area contributed by atoms with E-state index in [0.717, 1.165) is 25.9 Å². The van der Waals surface area contributed by atoms with Crippen LogP contribution in [-0.4, -0.2) is 18.8 Å². The van der Waals surface area contributed by atoms with Crippen molar-refractivity contribution in [3.05, 3.63) is 21.9 Å². The molecule has 1 aliphatic heterocycles. The van der Waals surface area contributed by atoms with Gasteiger partial charge in [-0.3, -0.25) is 0 Å². The molecule has 1 aliphatic rings. The number of ether oxygens (including phenoxy) is 1. The van der Waals surface area contributed by atoms with Gasteiger partial charge in [-0.2, -0.15) is 0 Å². The van der Waals surface area contributed by atoms with E-state index in [9.17, 15) is 0 Å². The Hall–Kier alpha value is -0.380. The predicted molar refractivity (Wildman–Crippen MR) is 68.9 cm³/mol. The quantitative estimate of drug-likeness (QED) is 0.876. The van der Waals surface area contributed by atoms with Crippen LogP contribution < -0.4 is 5.73 Å². The van der Waals surface area contributed by atoms with E-state index in [4.69, 9.17) is 10.5 Å². The molecule has 1 aromatic rings. The SMILES string of the molecule is CCc1ccc(CC(N)C2OCCC2C)s1. The third kappa shape index (κ3) is 2.65. The summed E-state index contributed by atoms with van der Waals surface area (Å²) in [5.74, 6) is 0.612. The summed E-state index contributed by atoms with van der Waals surface area (Å²) in [5, 5.41) is 0. The van der Waals surface area contributed by atoms with Crippen molar-refractivity contribution in [2.24, 2.45) is 11.7 Å². The molecule has 2 N–H and O–H groups in total. The van der Waals surface area contributed by atoms with Crippen molar-refractivity contribution in [3.63, 3.8) is 0 Å². The lowest BCUT2D eigenvalue weighted by molar-refractivity contribution is 0.0728. The van der Waals surface area contributed by atoms with Gasteiger partial charge in [0.25, 0.3) is 0 Å². The van der Waals surface area contributed by atoms with Gasteiger partial charge in [-0.25, -0.2) is 0 Å². The summed E-state index contributed by atoms with van der Waals surface area (Å²) in [7, 11) is 0. The summed E-state index contributed by atoms with van der Waals surface area (Å²) in [6.07, 6.45) is 3.49. The number of rotatable bonds is 4. The molecule has 90 valence electrons. The minimum Gasteiger partial charge on any atom is -0.376 e. The van der Waals surface area contributed by atoms with Crippen LogP contribution in [0.15, 0.2) is 12.1 Å². The molecule has 0 bridgehead atoms. The molecule has 0 saturated carbocycles. The van der Waals surface area contributed by atoms with Gasteiger partial charge >= 0.3 is 0 Å². The van der Waals surface area contributed by atoms with Crippen LogP contribution in [0.5, 0.6) is 0 Å². The predicted octanol–water partition coefficient (Wildman–Crippen LogP) is 2.61. The Morgan fingerprint density at radius 3 is 2.81 bits per heavy atom. The van der Waals surface area contributed by atoms with Crippen LogP contribution >= 0.6 is 11.3 Å². The minimum absolute atomic E-state index is 0.154. The monoisotopic (exact) mass is 239 g/mol. The van der Waals surface area contributed by atoms with Crippen molar-refractivity contribution in [3.8, 4) is 0 Å². The largest absolute Gasteiger partial charge is 0.376 e. The molecular weight excluding hydrogens is 218 g/mol. The second-order valence-corrected chi connectivity index (χ2v) is 5.94. The molecule has 3 unspecified atom stereocenters. The first-order valence-corrected chi connectivity index (χ1v) is 6.97. The Kier molecular flexibility index (Phi) is 4.00. The zero-order valence-corrected chi connectivity index (χ0v) is 10.9. The van der Waals surface area contributed by atoms with Crippen LogP contribution in [0.25, 0.3) is 0 Å². The van der Waals surface area contributed by atoms with Crippen molar-refractivity contribution in [1.29, 1.82) is 0 Å². The van der Waals surface area contributed by atoms with Gasteiger partial charge in [-0.05, 0) is 37.3 Å². The maximum absolute atomic E-state index is 6.23. The molecule has 2 heterocycles. The average Bonchev–Trinajstić information content (AvgIpc) is 2.86. The van der Waals surface area contributed by atoms with Crippen LogP contribution in [0.4, 0.5) is 0 Å². The van der Waals surface area contributed by atoms with Gasteiger partial charge in [0.1, 0.15) is 0 Å². The first-order chi connectivity index (χ1) is 7.70. The third-order valence-corrected chi connectivity index (χ3v) is 4.62. The Bertz CT molecular complexity index is 336. The highest BCUT2D eigenvalue weighted by molar-refractivity contribution is 7.11. The fourth-order valence-electron chi connectivity index (χ4n) is 2.33. The van der Waals surface area contributed by atoms with Crippen LogP contribution in [0.3, 0.4) is 0 Å². The highest BCUT2D eigenvalue weighted by Gasteiger charge is 2.29. The van der Waals surface area contributed by atoms with Gasteiger partial charge in [0.15, 0.2) is 0 Å². The molecule has 0 amide bonds. The molecule has 0 spiro atoms. The van der Waals surface area contributed by atoms with Gasteiger partial charge in [0.2, 0.25) is 0 Å². The number of hydrogen-bond acceptors (Lipinski definition) is 3. The van der Waals surface area contributed by atoms with Crippen LogP contribution in [0, 0.1) is 5.92 Å². The molecule has 3 heteroatoms. The standard InChI is InChI=1S/C13H21NOS/c1-3-10-4-5-11(16-10)8-12(14)13-9(2)6-7-15-13/h4-5,9,12-13H,3,6-8,14H2,1-2H3. The van der Waals surface area contributed by atoms with E-state index < -0.39 is 0 Å². The second-order valence-electron chi connectivity index (χ2n) is 4.69. The van der Waals surface area contributed by atoms with Crippen molar-refractivity contribution in [2.75, 3.05) is 6.61 Å². The lowest BCUT2D eigenvalue weighted by Gasteiger charge is -2.21. The Morgan fingerprint density at radius 1 is 1.50 bits per heavy atom. The van der Waals surface area contributed by atoms with E-state index in [1.54, 1.807) is 0 Å². The highest BCUT2D eigenvalue weighted by Crippen LogP contribution is 2.25. The molecule has 2 rings (SSSR count). The summed E-state index contributed by atoms with van der Waals surface area (Å²) in [6.45, 7) is 5.31. The van der Waals surface area contributed by atoms with Crippen LogP contribution in [0.2, 0.25) is 0 Å². The number of aryl methyl sites for hydroxylation is 1. The lowest BCUT2D eigenvalue weighted by atomic mass is 9.96. The van der Waals surface area contributed by atoms with E-state index in [1.165, 1.54) is 9.75 Å². The van der Waals surface area contributed by atoms with E-state index in [0.29, 0.717) is 5.92 Å². The molecule has 3 atom stereocenters. The molecule has 16 heavy (non-hydrogen) atoms. The summed E-state index contributed by atoms with van der Waals surface area (Å²) in [6, 6.07) is 4.58. The van der Waals surface area contributed by atoms with E-state index >= 15 is 0 Å². The smallest absolute Gasteiger partial charge is 0.0755 e. The zero-order valence-electron chi connectivity index (χ0n) is 10.1. The molecular formula is C13H21NOS. The Balaban J connectivity index is 1.93. The van der Waals surface area contributed by atoms with Crippen molar-refractivity contribution < 1.29 is 4.74 Å². The van der Waals surface area contributed by atoms with Crippen molar-refractivity contribution in [2.45, 2.75) is 45.3 Å². The topological polar surface area (TPSA) is 35.2 Å². The fraction of sp³-hybridized carbons (Fsp3) is 0.692. The number of thiophene rings is 1. The van der Waals surface area contributed by atoms with E-state index in [-0.39, 0.29) is 12.1 Å². The molecule has 2 nitrogen and oxygen atoms in total. The third-order valence-electron chi connectivity index (χ3n) is 3.37. The van der Waals surface area contributed by atoms with Gasteiger partial charge in [-0.1, -0.05) is 13.8 Å². The number of nitrogens with two attached hydrogens (primary N) is 1. The van der Waals surface area contributed by atoms with Crippen molar-refractivity contribution in [1.82, 2.24) is 0 Å². The van der Waals surface area contributed by atoms with Gasteiger partial charge in [0.05, 0.1) is 6.10 Å². The van der Waals surface area contributed by atoms with Gasteiger partial charge in [0, 0.05) is 22.4 Å². The highest BCUT2D eigenvalue weighted by atomic mass is 32.1. The molecule has 1 aromatic heterocycles. The first kappa shape index (κ1) is 12.1. The number of hydrogen-bond donors (Lipinski definition) is 1. The fourth-order valence-corrected chi connectivity index (χ4v) is 3.36. The van der Waals surface area contributed by atoms with Crippen LogP contribution in [0.1, 0.15) is 30.0 Å². The first-order valence-electron chi connectivity index (χ1n) is 6.15. The lowest BCUT2D eigenvalue weighted by Crippen LogP contribution is -2.39. The van der Waals surface area contributed by atoms with E-state index in [1.807, 2.05) is 11.3 Å². The molecule has 0 aromatic carbocycles.